The molecule has 3 heteroatoms. The molecule has 0 amide bonds. The van der Waals surface area contributed by atoms with Crippen LogP contribution < -0.4 is 0 Å². The van der Waals surface area contributed by atoms with Crippen molar-refractivity contribution in [2.75, 3.05) is 14.1 Å². The SMILES string of the molecule is C/C(=C/N(C)C)C(=O)c1ccsc1. The van der Waals surface area contributed by atoms with Gasteiger partial charge in [0.2, 0.25) is 0 Å². The van der Waals surface area contributed by atoms with E-state index in [1.165, 1.54) is 0 Å². The number of ketones is 1. The van der Waals surface area contributed by atoms with Gasteiger partial charge < -0.3 is 4.90 Å². The molecule has 0 N–H and O–H groups in total. The molecule has 1 aromatic heterocycles. The fraction of sp³-hybridized carbons (Fsp3) is 0.300. The normalized spacial score (nSPS) is 11.5. The molecule has 0 atom stereocenters. The minimum absolute atomic E-state index is 0.106. The summed E-state index contributed by atoms with van der Waals surface area (Å²) in [5, 5.41) is 3.78. The molecule has 2 nitrogen and oxygen atoms in total. The molecule has 0 fully saturated rings. The van der Waals surface area contributed by atoms with Gasteiger partial charge in [0.05, 0.1) is 0 Å². The molecule has 0 saturated carbocycles. The van der Waals surface area contributed by atoms with Gasteiger partial charge in [0.1, 0.15) is 0 Å². The van der Waals surface area contributed by atoms with Crippen molar-refractivity contribution in [3.63, 3.8) is 0 Å². The Morgan fingerprint density at radius 2 is 2.23 bits per heavy atom. The predicted molar refractivity (Wildman–Crippen MR) is 56.1 cm³/mol. The van der Waals surface area contributed by atoms with E-state index in [0.717, 1.165) is 11.1 Å². The predicted octanol–water partition coefficient (Wildman–Crippen LogP) is 2.40. The Hall–Kier alpha value is -1.09. The first-order chi connectivity index (χ1) is 6.11. The molecule has 0 aliphatic heterocycles. The molecule has 0 bridgehead atoms. The molecular weight excluding hydrogens is 182 g/mol. The number of allylic oxidation sites excluding steroid dienone is 1. The van der Waals surface area contributed by atoms with Gasteiger partial charge in [0, 0.05) is 36.8 Å². The van der Waals surface area contributed by atoms with Crippen LogP contribution in [0.4, 0.5) is 0 Å². The van der Waals surface area contributed by atoms with Crippen molar-refractivity contribution >= 4 is 17.1 Å². The van der Waals surface area contributed by atoms with E-state index in [1.54, 1.807) is 11.3 Å². The zero-order chi connectivity index (χ0) is 9.84. The Bertz CT molecular complexity index is 312. The lowest BCUT2D eigenvalue weighted by atomic mass is 10.1. The van der Waals surface area contributed by atoms with E-state index in [1.807, 2.05) is 48.9 Å². The molecule has 1 heterocycles. The summed E-state index contributed by atoms with van der Waals surface area (Å²) in [6.45, 7) is 1.83. The van der Waals surface area contributed by atoms with E-state index in [9.17, 15) is 4.79 Å². The molecule has 1 aromatic rings. The van der Waals surface area contributed by atoms with Gasteiger partial charge in [-0.05, 0) is 18.4 Å². The number of nitrogens with zero attached hydrogens (tertiary/aromatic N) is 1. The average molecular weight is 195 g/mol. The van der Waals surface area contributed by atoms with Crippen LogP contribution in [0.15, 0.2) is 28.6 Å². The van der Waals surface area contributed by atoms with Gasteiger partial charge in [0.25, 0.3) is 0 Å². The van der Waals surface area contributed by atoms with E-state index < -0.39 is 0 Å². The molecule has 0 aliphatic rings. The lowest BCUT2D eigenvalue weighted by Crippen LogP contribution is -2.07. The van der Waals surface area contributed by atoms with Crippen molar-refractivity contribution in [1.29, 1.82) is 0 Å². The van der Waals surface area contributed by atoms with E-state index >= 15 is 0 Å². The van der Waals surface area contributed by atoms with Gasteiger partial charge in [-0.3, -0.25) is 4.79 Å². The summed E-state index contributed by atoms with van der Waals surface area (Å²) < 4.78 is 0. The third-order valence-corrected chi connectivity index (χ3v) is 2.28. The highest BCUT2D eigenvalue weighted by atomic mass is 32.1. The number of hydrogen-bond donors (Lipinski definition) is 0. The van der Waals surface area contributed by atoms with E-state index in [-0.39, 0.29) is 5.78 Å². The molecular formula is C10H13NOS. The van der Waals surface area contributed by atoms with Gasteiger partial charge >= 0.3 is 0 Å². The number of carbonyl (C=O) groups is 1. The third kappa shape index (κ3) is 2.70. The number of hydrogen-bond acceptors (Lipinski definition) is 3. The Morgan fingerprint density at radius 1 is 1.54 bits per heavy atom. The van der Waals surface area contributed by atoms with Crippen molar-refractivity contribution in [2.45, 2.75) is 6.92 Å². The molecule has 0 aliphatic carbocycles. The minimum Gasteiger partial charge on any atom is -0.383 e. The summed E-state index contributed by atoms with van der Waals surface area (Å²) in [7, 11) is 3.81. The van der Waals surface area contributed by atoms with E-state index in [4.69, 9.17) is 0 Å². The second kappa shape index (κ2) is 4.23. The lowest BCUT2D eigenvalue weighted by molar-refractivity contribution is 0.103. The van der Waals surface area contributed by atoms with Gasteiger partial charge in [-0.15, -0.1) is 0 Å². The molecule has 0 saturated heterocycles. The Balaban J connectivity index is 2.80. The fourth-order valence-electron chi connectivity index (χ4n) is 1.07. The van der Waals surface area contributed by atoms with Crippen molar-refractivity contribution < 1.29 is 4.79 Å². The van der Waals surface area contributed by atoms with Crippen LogP contribution in [-0.4, -0.2) is 24.8 Å². The summed E-state index contributed by atoms with van der Waals surface area (Å²) >= 11 is 1.54. The van der Waals surface area contributed by atoms with E-state index in [0.29, 0.717) is 0 Å². The summed E-state index contributed by atoms with van der Waals surface area (Å²) in [5.41, 5.74) is 1.55. The quantitative estimate of drug-likeness (QED) is 0.545. The minimum atomic E-state index is 0.106. The maximum atomic E-state index is 11.7. The highest BCUT2D eigenvalue weighted by molar-refractivity contribution is 7.08. The first-order valence-electron chi connectivity index (χ1n) is 4.03. The van der Waals surface area contributed by atoms with Crippen LogP contribution in [0.25, 0.3) is 0 Å². The summed E-state index contributed by atoms with van der Waals surface area (Å²) in [6.07, 6.45) is 1.83. The van der Waals surface area contributed by atoms with Crippen molar-refractivity contribution in [3.8, 4) is 0 Å². The van der Waals surface area contributed by atoms with Gasteiger partial charge in [0.15, 0.2) is 5.78 Å². The monoisotopic (exact) mass is 195 g/mol. The number of thiophene rings is 1. The zero-order valence-corrected chi connectivity index (χ0v) is 8.89. The maximum Gasteiger partial charge on any atom is 0.191 e. The zero-order valence-electron chi connectivity index (χ0n) is 8.07. The van der Waals surface area contributed by atoms with Gasteiger partial charge in [-0.1, -0.05) is 0 Å². The van der Waals surface area contributed by atoms with Gasteiger partial charge in [-0.2, -0.15) is 11.3 Å². The molecule has 0 aromatic carbocycles. The standard InChI is InChI=1S/C10H13NOS/c1-8(6-11(2)3)10(12)9-4-5-13-7-9/h4-7H,1-3H3/b8-6-. The summed E-state index contributed by atoms with van der Waals surface area (Å²) in [6, 6.07) is 1.85. The second-order valence-electron chi connectivity index (χ2n) is 3.12. The Labute approximate surface area is 82.5 Å². The second-order valence-corrected chi connectivity index (χ2v) is 3.90. The van der Waals surface area contributed by atoms with Crippen LogP contribution in [-0.2, 0) is 0 Å². The van der Waals surface area contributed by atoms with Crippen molar-refractivity contribution in [3.05, 3.63) is 34.2 Å². The first kappa shape index (κ1) is 9.99. The highest BCUT2D eigenvalue weighted by Gasteiger charge is 2.07. The lowest BCUT2D eigenvalue weighted by Gasteiger charge is -2.06. The number of carbonyl (C=O) groups excluding carboxylic acids is 1. The fourth-order valence-corrected chi connectivity index (χ4v) is 1.70. The van der Waals surface area contributed by atoms with Gasteiger partial charge in [-0.25, -0.2) is 0 Å². The summed E-state index contributed by atoms with van der Waals surface area (Å²) in [5.74, 6) is 0.106. The Morgan fingerprint density at radius 3 is 2.69 bits per heavy atom. The van der Waals surface area contributed by atoms with Crippen LogP contribution >= 0.6 is 11.3 Å². The van der Waals surface area contributed by atoms with Crippen molar-refractivity contribution in [1.82, 2.24) is 4.90 Å². The third-order valence-electron chi connectivity index (χ3n) is 1.59. The smallest absolute Gasteiger partial charge is 0.191 e. The van der Waals surface area contributed by atoms with Crippen LogP contribution in [0.5, 0.6) is 0 Å². The molecule has 0 radical (unpaired) electrons. The largest absolute Gasteiger partial charge is 0.383 e. The van der Waals surface area contributed by atoms with Crippen LogP contribution in [0.2, 0.25) is 0 Å². The topological polar surface area (TPSA) is 20.3 Å². The average Bonchev–Trinajstić information content (AvgIpc) is 2.53. The molecule has 70 valence electrons. The molecule has 0 unspecified atom stereocenters. The Kier molecular flexibility index (Phi) is 3.25. The molecule has 13 heavy (non-hydrogen) atoms. The maximum absolute atomic E-state index is 11.7. The number of rotatable bonds is 3. The van der Waals surface area contributed by atoms with Crippen LogP contribution in [0.1, 0.15) is 17.3 Å². The molecule has 0 spiro atoms. The van der Waals surface area contributed by atoms with Crippen LogP contribution in [0.3, 0.4) is 0 Å². The first-order valence-corrected chi connectivity index (χ1v) is 4.97. The van der Waals surface area contributed by atoms with E-state index in [2.05, 4.69) is 0 Å². The van der Waals surface area contributed by atoms with Crippen LogP contribution in [0, 0.1) is 0 Å². The number of Topliss-reactive ketones (excluding diaryl/α,β-unsaturated/α-hetero) is 1. The molecule has 1 rings (SSSR count). The van der Waals surface area contributed by atoms with Crippen molar-refractivity contribution in [2.24, 2.45) is 0 Å². The highest BCUT2D eigenvalue weighted by Crippen LogP contribution is 2.11. The summed E-state index contributed by atoms with van der Waals surface area (Å²) in [4.78, 5) is 13.5.